The monoisotopic (exact) mass is 372 g/mol. The van der Waals surface area contributed by atoms with Crippen LogP contribution < -0.4 is 4.74 Å². The molecule has 5 rings (SSSR count). The first-order valence-corrected chi connectivity index (χ1v) is 9.46. The van der Waals surface area contributed by atoms with E-state index in [1.807, 2.05) is 36.4 Å². The third-order valence-corrected chi connectivity index (χ3v) is 5.82. The summed E-state index contributed by atoms with van der Waals surface area (Å²) in [6.07, 6.45) is 2.56. The number of fused-ring (bicyclic) bond motifs is 4. The highest BCUT2D eigenvalue weighted by Crippen LogP contribution is 2.43. The Morgan fingerprint density at radius 2 is 2.04 bits per heavy atom. The molecule has 0 unspecified atom stereocenters. The van der Waals surface area contributed by atoms with Gasteiger partial charge in [-0.05, 0) is 40.6 Å². The Morgan fingerprint density at radius 3 is 2.93 bits per heavy atom. The average Bonchev–Trinajstić information content (AvgIpc) is 3.23. The van der Waals surface area contributed by atoms with Crippen molar-refractivity contribution in [3.63, 3.8) is 0 Å². The van der Waals surface area contributed by atoms with Crippen molar-refractivity contribution in [2.75, 3.05) is 7.11 Å². The van der Waals surface area contributed by atoms with Crippen LogP contribution in [-0.2, 0) is 6.42 Å². The van der Waals surface area contributed by atoms with Gasteiger partial charge in [-0.15, -0.1) is 0 Å². The number of hydrogen-bond donors (Lipinski definition) is 1. The van der Waals surface area contributed by atoms with Crippen LogP contribution in [0.3, 0.4) is 0 Å². The van der Waals surface area contributed by atoms with Gasteiger partial charge in [0.1, 0.15) is 11.5 Å². The fourth-order valence-electron chi connectivity index (χ4n) is 3.51. The van der Waals surface area contributed by atoms with Crippen LogP contribution in [0, 0.1) is 0 Å². The summed E-state index contributed by atoms with van der Waals surface area (Å²) in [7, 11) is 1.68. The van der Waals surface area contributed by atoms with Gasteiger partial charge in [-0.1, -0.05) is 41.7 Å². The van der Waals surface area contributed by atoms with Crippen LogP contribution >= 0.6 is 11.3 Å². The molecular weight excluding hydrogens is 356 g/mol. The third-order valence-electron chi connectivity index (χ3n) is 4.86. The van der Waals surface area contributed by atoms with Gasteiger partial charge in [0.25, 0.3) is 0 Å². The number of methoxy groups -OCH3 is 1. The van der Waals surface area contributed by atoms with Crippen molar-refractivity contribution in [1.29, 1.82) is 0 Å². The Hall–Kier alpha value is -3.18. The molecule has 1 aliphatic rings. The lowest BCUT2D eigenvalue weighted by molar-refractivity contribution is 0.414. The van der Waals surface area contributed by atoms with Crippen LogP contribution in [0.4, 0.5) is 5.13 Å². The Balaban J connectivity index is 1.51. The zero-order valence-corrected chi connectivity index (χ0v) is 15.5. The van der Waals surface area contributed by atoms with Crippen LogP contribution in [0.2, 0.25) is 0 Å². The molecular formula is C22H16N2O2S. The summed E-state index contributed by atoms with van der Waals surface area (Å²) in [5.41, 5.74) is 4.11. The molecule has 3 aromatic carbocycles. The largest absolute Gasteiger partial charge is 0.507 e. The highest BCUT2D eigenvalue weighted by molar-refractivity contribution is 7.15. The molecule has 0 bridgehead atoms. The fourth-order valence-corrected chi connectivity index (χ4v) is 4.45. The summed E-state index contributed by atoms with van der Waals surface area (Å²) in [6, 6.07) is 17.7. The van der Waals surface area contributed by atoms with Crippen molar-refractivity contribution in [3.8, 4) is 22.8 Å². The van der Waals surface area contributed by atoms with E-state index in [2.05, 4.69) is 17.1 Å². The van der Waals surface area contributed by atoms with Gasteiger partial charge in [-0.25, -0.2) is 9.98 Å². The number of hydrogen-bond acceptors (Lipinski definition) is 5. The topological polar surface area (TPSA) is 54.7 Å². The molecule has 4 nitrogen and oxygen atoms in total. The smallest absolute Gasteiger partial charge is 0.209 e. The molecule has 1 aromatic heterocycles. The van der Waals surface area contributed by atoms with Gasteiger partial charge in [0.15, 0.2) is 0 Å². The summed E-state index contributed by atoms with van der Waals surface area (Å²) in [6.45, 7) is 0. The molecule has 1 heterocycles. The number of phenols is 1. The van der Waals surface area contributed by atoms with E-state index < -0.39 is 0 Å². The highest BCUT2D eigenvalue weighted by Gasteiger charge is 2.23. The van der Waals surface area contributed by atoms with Crippen LogP contribution in [0.15, 0.2) is 59.6 Å². The summed E-state index contributed by atoms with van der Waals surface area (Å²) in [4.78, 5) is 10.5. The molecule has 27 heavy (non-hydrogen) atoms. The fraction of sp³-hybridized carbons (Fsp3) is 0.0909. The van der Waals surface area contributed by atoms with Crippen LogP contribution in [-0.4, -0.2) is 23.4 Å². The number of aromatic nitrogens is 1. The summed E-state index contributed by atoms with van der Waals surface area (Å²) < 4.78 is 5.31. The van der Waals surface area contributed by atoms with E-state index in [-0.39, 0.29) is 5.75 Å². The van der Waals surface area contributed by atoms with E-state index in [1.165, 1.54) is 10.4 Å². The molecule has 0 aliphatic heterocycles. The second-order valence-corrected chi connectivity index (χ2v) is 7.51. The van der Waals surface area contributed by atoms with E-state index in [9.17, 15) is 5.11 Å². The van der Waals surface area contributed by atoms with E-state index >= 15 is 0 Å². The Bertz CT molecular complexity index is 1210. The van der Waals surface area contributed by atoms with Gasteiger partial charge < -0.3 is 9.84 Å². The zero-order valence-electron chi connectivity index (χ0n) is 14.6. The lowest BCUT2D eigenvalue weighted by Crippen LogP contribution is -1.87. The number of benzene rings is 3. The van der Waals surface area contributed by atoms with E-state index in [1.54, 1.807) is 30.7 Å². The van der Waals surface area contributed by atoms with Gasteiger partial charge in [-0.2, -0.15) is 0 Å². The summed E-state index contributed by atoms with van der Waals surface area (Å²) >= 11 is 1.59. The molecule has 0 spiro atoms. The quantitative estimate of drug-likeness (QED) is 0.435. The van der Waals surface area contributed by atoms with E-state index in [0.717, 1.165) is 34.2 Å². The molecule has 0 saturated carbocycles. The summed E-state index contributed by atoms with van der Waals surface area (Å²) in [5, 5.41) is 13.0. The minimum atomic E-state index is 0.221. The van der Waals surface area contributed by atoms with Gasteiger partial charge in [0, 0.05) is 28.6 Å². The molecule has 5 heteroatoms. The molecule has 0 saturated heterocycles. The van der Waals surface area contributed by atoms with Crippen molar-refractivity contribution < 1.29 is 9.84 Å². The number of nitrogens with zero attached hydrogens (tertiary/aromatic N) is 2. The minimum Gasteiger partial charge on any atom is -0.507 e. The molecule has 132 valence electrons. The number of thiazole rings is 1. The molecule has 1 N–H and O–H groups in total. The molecule has 4 aromatic rings. The SMILES string of the molecule is COc1ccc2c(c1)Cc1sc(N=Cc3c(O)ccc4ccccc34)nc1-2. The van der Waals surface area contributed by atoms with E-state index in [0.29, 0.717) is 10.7 Å². The van der Waals surface area contributed by atoms with Crippen molar-refractivity contribution in [1.82, 2.24) is 4.98 Å². The number of ether oxygens (including phenoxy) is 1. The highest BCUT2D eigenvalue weighted by atomic mass is 32.1. The molecule has 0 radical (unpaired) electrons. The maximum absolute atomic E-state index is 10.3. The van der Waals surface area contributed by atoms with Crippen molar-refractivity contribution >= 4 is 33.5 Å². The lowest BCUT2D eigenvalue weighted by Gasteiger charge is -2.04. The summed E-state index contributed by atoms with van der Waals surface area (Å²) in [5.74, 6) is 1.09. The Kier molecular flexibility index (Phi) is 3.69. The lowest BCUT2D eigenvalue weighted by atomic mass is 10.0. The van der Waals surface area contributed by atoms with Gasteiger partial charge in [-0.3, -0.25) is 0 Å². The predicted molar refractivity (Wildman–Crippen MR) is 110 cm³/mol. The first-order chi connectivity index (χ1) is 13.2. The first kappa shape index (κ1) is 16.0. The van der Waals surface area contributed by atoms with Crippen molar-refractivity contribution in [2.45, 2.75) is 6.42 Å². The van der Waals surface area contributed by atoms with Crippen molar-refractivity contribution in [2.24, 2.45) is 4.99 Å². The molecule has 0 fully saturated rings. The average molecular weight is 372 g/mol. The Labute approximate surface area is 160 Å². The molecule has 0 amide bonds. The van der Waals surface area contributed by atoms with E-state index in [4.69, 9.17) is 9.72 Å². The van der Waals surface area contributed by atoms with Crippen LogP contribution in [0.1, 0.15) is 16.0 Å². The number of aliphatic imine (C=N–C) groups is 1. The standard InChI is InChI=1S/C22H16N2O2S/c1-26-15-7-8-17-14(10-15)11-20-21(17)24-22(27-20)23-12-18-16-5-3-2-4-13(16)6-9-19(18)25/h2-10,12,25H,11H2,1H3. The van der Waals surface area contributed by atoms with Crippen LogP contribution in [0.5, 0.6) is 11.5 Å². The number of rotatable bonds is 3. The number of aromatic hydroxyl groups is 1. The second-order valence-electron chi connectivity index (χ2n) is 6.45. The predicted octanol–water partition coefficient (Wildman–Crippen LogP) is 5.33. The third kappa shape index (κ3) is 2.67. The van der Waals surface area contributed by atoms with Crippen molar-refractivity contribution in [3.05, 3.63) is 70.6 Å². The first-order valence-electron chi connectivity index (χ1n) is 8.65. The number of phenolic OH excluding ortho intramolecular Hbond substituents is 1. The van der Waals surface area contributed by atoms with Crippen LogP contribution in [0.25, 0.3) is 22.0 Å². The molecule has 0 atom stereocenters. The minimum absolute atomic E-state index is 0.221. The normalized spacial score (nSPS) is 12.5. The van der Waals surface area contributed by atoms with Gasteiger partial charge in [0.2, 0.25) is 5.13 Å². The van der Waals surface area contributed by atoms with Gasteiger partial charge >= 0.3 is 0 Å². The zero-order chi connectivity index (χ0) is 18.4. The Morgan fingerprint density at radius 1 is 1.15 bits per heavy atom. The maximum atomic E-state index is 10.3. The molecule has 1 aliphatic carbocycles. The van der Waals surface area contributed by atoms with Gasteiger partial charge in [0.05, 0.1) is 12.8 Å². The maximum Gasteiger partial charge on any atom is 0.209 e. The second kappa shape index (κ2) is 6.21.